The Labute approximate surface area is 107 Å². The van der Waals surface area contributed by atoms with E-state index in [4.69, 9.17) is 14.9 Å². The number of hydrogen-bond acceptors (Lipinski definition) is 6. The summed E-state index contributed by atoms with van der Waals surface area (Å²) >= 11 is 0. The van der Waals surface area contributed by atoms with Crippen molar-refractivity contribution in [1.82, 2.24) is 4.57 Å². The molecule has 0 aliphatic carbocycles. The topological polar surface area (TPSA) is 129 Å². The third-order valence-electron chi connectivity index (χ3n) is 3.00. The van der Waals surface area contributed by atoms with Gasteiger partial charge in [0.1, 0.15) is 23.9 Å². The molecule has 1 aliphatic rings. The van der Waals surface area contributed by atoms with Gasteiger partial charge < -0.3 is 25.2 Å². The summed E-state index contributed by atoms with van der Waals surface area (Å²) in [7, 11) is 0. The van der Waals surface area contributed by atoms with E-state index in [1.165, 1.54) is 12.3 Å². The molecule has 0 aromatic carbocycles. The summed E-state index contributed by atoms with van der Waals surface area (Å²) < 4.78 is 6.04. The molecule has 1 saturated heterocycles. The van der Waals surface area contributed by atoms with Crippen LogP contribution >= 0.6 is 0 Å². The number of pyridine rings is 1. The molecule has 1 aromatic rings. The van der Waals surface area contributed by atoms with Gasteiger partial charge in [0.15, 0.2) is 6.23 Å². The second-order valence-electron chi connectivity index (χ2n) is 4.17. The Morgan fingerprint density at radius 2 is 2.05 bits per heavy atom. The summed E-state index contributed by atoms with van der Waals surface area (Å²) in [6.45, 7) is -0.526. The first-order valence-corrected chi connectivity index (χ1v) is 5.54. The van der Waals surface area contributed by atoms with Crippen LogP contribution in [0.3, 0.4) is 0 Å². The Balaban J connectivity index is 2.41. The van der Waals surface area contributed by atoms with Crippen molar-refractivity contribution in [3.8, 4) is 0 Å². The van der Waals surface area contributed by atoms with Gasteiger partial charge >= 0.3 is 5.97 Å². The highest BCUT2D eigenvalue weighted by Gasteiger charge is 2.43. The van der Waals surface area contributed by atoms with Gasteiger partial charge in [-0.25, -0.2) is 4.79 Å². The van der Waals surface area contributed by atoms with Gasteiger partial charge in [-0.1, -0.05) is 0 Å². The molecule has 0 bridgehead atoms. The lowest BCUT2D eigenvalue weighted by molar-refractivity contribution is -0.0545. The van der Waals surface area contributed by atoms with Crippen LogP contribution in [-0.4, -0.2) is 55.9 Å². The lowest BCUT2D eigenvalue weighted by Crippen LogP contribution is -2.36. The standard InChI is InChI=1S/C11H13NO7/c13-4-6-7(14)8(15)10(19-6)12-3-1-2-5(9(12)16)11(17)18/h1-3,6-8,10,13-15H,4H2,(H,17,18)/t6-,7?,8?,10-/m1/s1. The molecule has 1 fully saturated rings. The van der Waals surface area contributed by atoms with E-state index in [1.54, 1.807) is 0 Å². The maximum Gasteiger partial charge on any atom is 0.341 e. The zero-order chi connectivity index (χ0) is 14.2. The van der Waals surface area contributed by atoms with Crippen molar-refractivity contribution >= 4 is 5.97 Å². The van der Waals surface area contributed by atoms with Gasteiger partial charge in [0.05, 0.1) is 6.61 Å². The van der Waals surface area contributed by atoms with Gasteiger partial charge in [0.2, 0.25) is 0 Å². The minimum atomic E-state index is -1.43. The van der Waals surface area contributed by atoms with Crippen LogP contribution in [0.25, 0.3) is 0 Å². The van der Waals surface area contributed by atoms with Crippen LogP contribution in [0, 0.1) is 0 Å². The molecule has 2 rings (SSSR count). The number of aromatic nitrogens is 1. The molecule has 19 heavy (non-hydrogen) atoms. The van der Waals surface area contributed by atoms with E-state index in [2.05, 4.69) is 0 Å². The van der Waals surface area contributed by atoms with E-state index in [0.717, 1.165) is 10.6 Å². The summed E-state index contributed by atoms with van der Waals surface area (Å²) in [5.74, 6) is -1.40. The van der Waals surface area contributed by atoms with Gasteiger partial charge in [-0.3, -0.25) is 9.36 Å². The number of aliphatic hydroxyl groups is 3. The maximum atomic E-state index is 11.9. The second-order valence-corrected chi connectivity index (χ2v) is 4.17. The van der Waals surface area contributed by atoms with Crippen molar-refractivity contribution in [2.75, 3.05) is 6.61 Å². The summed E-state index contributed by atoms with van der Waals surface area (Å²) in [5.41, 5.74) is -1.33. The minimum Gasteiger partial charge on any atom is -0.477 e. The predicted molar refractivity (Wildman–Crippen MR) is 60.7 cm³/mol. The number of hydrogen-bond donors (Lipinski definition) is 4. The minimum absolute atomic E-state index is 0.472. The van der Waals surface area contributed by atoms with Crippen molar-refractivity contribution < 1.29 is 30.0 Å². The van der Waals surface area contributed by atoms with Gasteiger partial charge in [0, 0.05) is 6.20 Å². The maximum absolute atomic E-state index is 11.9. The second kappa shape index (κ2) is 5.10. The Morgan fingerprint density at radius 1 is 1.37 bits per heavy atom. The number of aliphatic hydroxyl groups excluding tert-OH is 3. The summed E-state index contributed by atoms with van der Waals surface area (Å²) in [6.07, 6.45) is -3.80. The Morgan fingerprint density at radius 3 is 2.58 bits per heavy atom. The highest BCUT2D eigenvalue weighted by atomic mass is 16.6. The van der Waals surface area contributed by atoms with E-state index in [1.807, 2.05) is 0 Å². The third-order valence-corrected chi connectivity index (χ3v) is 3.00. The summed E-state index contributed by atoms with van der Waals surface area (Å²) in [4.78, 5) is 22.7. The van der Waals surface area contributed by atoms with Gasteiger partial charge in [0.25, 0.3) is 5.56 Å². The summed E-state index contributed by atoms with van der Waals surface area (Å²) in [6, 6.07) is 2.45. The molecule has 1 aromatic heterocycles. The number of nitrogens with zero attached hydrogens (tertiary/aromatic N) is 1. The lowest BCUT2D eigenvalue weighted by atomic mass is 10.1. The van der Waals surface area contributed by atoms with Gasteiger partial charge in [-0.2, -0.15) is 0 Å². The first-order valence-electron chi connectivity index (χ1n) is 5.54. The number of carbonyl (C=O) groups is 1. The molecule has 2 unspecified atom stereocenters. The van der Waals surface area contributed by atoms with Crippen molar-refractivity contribution in [3.63, 3.8) is 0 Å². The van der Waals surface area contributed by atoms with E-state index >= 15 is 0 Å². The van der Waals surface area contributed by atoms with Gasteiger partial charge in [-0.15, -0.1) is 0 Å². The lowest BCUT2D eigenvalue weighted by Gasteiger charge is -2.17. The number of carboxylic acid groups (broad SMARTS) is 1. The summed E-state index contributed by atoms with van der Waals surface area (Å²) in [5, 5.41) is 37.2. The van der Waals surface area contributed by atoms with Crippen LogP contribution in [0.2, 0.25) is 0 Å². The Bertz CT molecular complexity index is 540. The molecule has 4 atom stereocenters. The van der Waals surface area contributed by atoms with Crippen LogP contribution in [0.1, 0.15) is 16.6 Å². The molecule has 0 saturated carbocycles. The van der Waals surface area contributed by atoms with Crippen LogP contribution in [0.4, 0.5) is 0 Å². The number of aromatic carboxylic acids is 1. The van der Waals surface area contributed by atoms with E-state index in [0.29, 0.717) is 0 Å². The van der Waals surface area contributed by atoms with Crippen molar-refractivity contribution in [3.05, 3.63) is 34.2 Å². The number of ether oxygens (including phenoxy) is 1. The molecule has 104 valence electrons. The van der Waals surface area contributed by atoms with E-state index < -0.39 is 48.2 Å². The first-order chi connectivity index (χ1) is 8.97. The van der Waals surface area contributed by atoms with Crippen LogP contribution in [0.5, 0.6) is 0 Å². The first kappa shape index (κ1) is 13.7. The molecular formula is C11H13NO7. The Kier molecular flexibility index (Phi) is 3.67. The van der Waals surface area contributed by atoms with Crippen LogP contribution < -0.4 is 5.56 Å². The van der Waals surface area contributed by atoms with Gasteiger partial charge in [-0.05, 0) is 12.1 Å². The SMILES string of the molecule is O=C(O)c1cccn([C@@H]2O[C@H](CO)C(O)C2O)c1=O. The fourth-order valence-corrected chi connectivity index (χ4v) is 1.98. The highest BCUT2D eigenvalue weighted by molar-refractivity contribution is 5.86. The molecule has 0 radical (unpaired) electrons. The normalized spacial score (nSPS) is 30.5. The average molecular weight is 271 g/mol. The van der Waals surface area contributed by atoms with E-state index in [-0.39, 0.29) is 0 Å². The highest BCUT2D eigenvalue weighted by Crippen LogP contribution is 2.28. The molecule has 8 heteroatoms. The average Bonchev–Trinajstić information content (AvgIpc) is 2.66. The molecule has 1 aliphatic heterocycles. The molecule has 0 spiro atoms. The smallest absolute Gasteiger partial charge is 0.341 e. The molecular weight excluding hydrogens is 258 g/mol. The van der Waals surface area contributed by atoms with Crippen molar-refractivity contribution in [1.29, 1.82) is 0 Å². The van der Waals surface area contributed by atoms with Crippen LogP contribution in [0.15, 0.2) is 23.1 Å². The monoisotopic (exact) mass is 271 g/mol. The fraction of sp³-hybridized carbons (Fsp3) is 0.455. The van der Waals surface area contributed by atoms with Crippen molar-refractivity contribution in [2.45, 2.75) is 24.5 Å². The van der Waals surface area contributed by atoms with E-state index in [9.17, 15) is 19.8 Å². The quantitative estimate of drug-likeness (QED) is 0.508. The fourth-order valence-electron chi connectivity index (χ4n) is 1.98. The predicted octanol–water partition coefficient (Wildman–Crippen LogP) is -1.84. The zero-order valence-corrected chi connectivity index (χ0v) is 9.71. The molecule has 0 amide bonds. The number of rotatable bonds is 3. The van der Waals surface area contributed by atoms with Crippen molar-refractivity contribution in [2.24, 2.45) is 0 Å². The zero-order valence-electron chi connectivity index (χ0n) is 9.71. The number of carboxylic acids is 1. The molecule has 8 nitrogen and oxygen atoms in total. The molecule has 2 heterocycles. The Hall–Kier alpha value is -1.74. The largest absolute Gasteiger partial charge is 0.477 e. The van der Waals surface area contributed by atoms with Crippen LogP contribution in [-0.2, 0) is 4.74 Å². The molecule has 4 N–H and O–H groups in total. The third kappa shape index (κ3) is 2.26.